The number of alkyl halides is 3. The Balaban J connectivity index is 1.72. The number of carbonyl (C=O) groups excluding carboxylic acids is 2. The van der Waals surface area contributed by atoms with Gasteiger partial charge in [0.2, 0.25) is 5.91 Å². The Labute approximate surface area is 171 Å². The molecule has 0 aliphatic heterocycles. The Kier molecular flexibility index (Phi) is 5.89. The minimum absolute atomic E-state index is 0.0748. The average Bonchev–Trinajstić information content (AvgIpc) is 3.48. The number of hydrogen-bond acceptors (Lipinski definition) is 2. The molecule has 1 N–H and O–H groups in total. The van der Waals surface area contributed by atoms with Crippen LogP contribution in [0.1, 0.15) is 30.9 Å². The van der Waals surface area contributed by atoms with Gasteiger partial charge < -0.3 is 10.2 Å². The first-order chi connectivity index (χ1) is 13.7. The number of hydrogen-bond donors (Lipinski definition) is 1. The van der Waals surface area contributed by atoms with Crippen LogP contribution in [0.25, 0.3) is 0 Å². The van der Waals surface area contributed by atoms with Crippen LogP contribution in [0.2, 0.25) is 5.02 Å². The number of carbonyl (C=O) groups is 2. The van der Waals surface area contributed by atoms with Gasteiger partial charge in [-0.1, -0.05) is 35.9 Å². The Morgan fingerprint density at radius 2 is 1.79 bits per heavy atom. The standard InChI is InChI=1S/C21H20ClF3N2O2/c1-2-27(19(29)21(23,24)25)13-14-4-3-5-17(12-14)26-18(28)20(10-11-20)15-6-8-16(22)9-7-15/h3-9,12H,2,10-11,13H2,1H3,(H,26,28). The molecule has 1 aliphatic carbocycles. The van der Waals surface area contributed by atoms with E-state index in [9.17, 15) is 22.8 Å². The van der Waals surface area contributed by atoms with E-state index in [4.69, 9.17) is 11.6 Å². The monoisotopic (exact) mass is 424 g/mol. The van der Waals surface area contributed by atoms with Gasteiger partial charge in [0.15, 0.2) is 0 Å². The van der Waals surface area contributed by atoms with Gasteiger partial charge in [-0.3, -0.25) is 9.59 Å². The summed E-state index contributed by atoms with van der Waals surface area (Å²) in [6.07, 6.45) is -3.49. The lowest BCUT2D eigenvalue weighted by molar-refractivity contribution is -0.185. The maximum Gasteiger partial charge on any atom is 0.471 e. The topological polar surface area (TPSA) is 49.4 Å². The summed E-state index contributed by atoms with van der Waals surface area (Å²) in [6.45, 7) is 1.22. The van der Waals surface area contributed by atoms with Crippen molar-refractivity contribution < 1.29 is 22.8 Å². The number of benzene rings is 2. The summed E-state index contributed by atoms with van der Waals surface area (Å²) in [5.74, 6) is -2.05. The fourth-order valence-electron chi connectivity index (χ4n) is 3.27. The molecule has 29 heavy (non-hydrogen) atoms. The van der Waals surface area contributed by atoms with Crippen molar-refractivity contribution in [2.75, 3.05) is 11.9 Å². The lowest BCUT2D eigenvalue weighted by Crippen LogP contribution is -2.40. The van der Waals surface area contributed by atoms with E-state index >= 15 is 0 Å². The smallest absolute Gasteiger partial charge is 0.331 e. The molecule has 0 unspecified atom stereocenters. The molecular weight excluding hydrogens is 405 g/mol. The van der Waals surface area contributed by atoms with Crippen molar-refractivity contribution in [2.24, 2.45) is 0 Å². The highest BCUT2D eigenvalue weighted by atomic mass is 35.5. The van der Waals surface area contributed by atoms with Gasteiger partial charge in [0.05, 0.1) is 5.41 Å². The van der Waals surface area contributed by atoms with Crippen LogP contribution in [0, 0.1) is 0 Å². The van der Waals surface area contributed by atoms with Crippen molar-refractivity contribution in [2.45, 2.75) is 37.9 Å². The highest BCUT2D eigenvalue weighted by molar-refractivity contribution is 6.30. The third-order valence-corrected chi connectivity index (χ3v) is 5.30. The first-order valence-corrected chi connectivity index (χ1v) is 9.56. The van der Waals surface area contributed by atoms with Crippen LogP contribution in [0.3, 0.4) is 0 Å². The molecule has 2 aromatic rings. The third-order valence-electron chi connectivity index (χ3n) is 5.05. The number of rotatable bonds is 6. The first kappa shape index (κ1) is 21.2. The Bertz CT molecular complexity index is 909. The molecule has 2 amide bonds. The lowest BCUT2D eigenvalue weighted by atomic mass is 9.95. The maximum atomic E-state index is 12.9. The molecule has 3 rings (SSSR count). The lowest BCUT2D eigenvalue weighted by Gasteiger charge is -2.22. The number of nitrogens with zero attached hydrogens (tertiary/aromatic N) is 1. The molecule has 0 radical (unpaired) electrons. The van der Waals surface area contributed by atoms with E-state index in [1.807, 2.05) is 12.1 Å². The normalized spacial score (nSPS) is 14.9. The molecular formula is C21H20ClF3N2O2. The quantitative estimate of drug-likeness (QED) is 0.715. The third kappa shape index (κ3) is 4.72. The van der Waals surface area contributed by atoms with Crippen molar-refractivity contribution in [3.8, 4) is 0 Å². The average molecular weight is 425 g/mol. The van der Waals surface area contributed by atoms with Crippen LogP contribution in [-0.2, 0) is 21.5 Å². The van der Waals surface area contributed by atoms with Crippen LogP contribution in [0.15, 0.2) is 48.5 Å². The Hall–Kier alpha value is -2.54. The van der Waals surface area contributed by atoms with Crippen LogP contribution in [-0.4, -0.2) is 29.4 Å². The summed E-state index contributed by atoms with van der Waals surface area (Å²) in [7, 11) is 0. The van der Waals surface area contributed by atoms with Gasteiger partial charge in [-0.25, -0.2) is 0 Å². The van der Waals surface area contributed by atoms with Gasteiger partial charge >= 0.3 is 12.1 Å². The maximum absolute atomic E-state index is 12.9. The van der Waals surface area contributed by atoms with E-state index in [0.29, 0.717) is 29.1 Å². The summed E-state index contributed by atoms with van der Waals surface area (Å²) < 4.78 is 38.1. The number of halogens is 4. The molecule has 4 nitrogen and oxygen atoms in total. The largest absolute Gasteiger partial charge is 0.471 e. The number of amides is 2. The molecule has 0 spiro atoms. The van der Waals surface area contributed by atoms with Gasteiger partial charge in [0, 0.05) is 23.8 Å². The minimum atomic E-state index is -4.92. The van der Waals surface area contributed by atoms with E-state index in [-0.39, 0.29) is 19.0 Å². The first-order valence-electron chi connectivity index (χ1n) is 9.18. The van der Waals surface area contributed by atoms with E-state index in [1.54, 1.807) is 36.4 Å². The highest BCUT2D eigenvalue weighted by Crippen LogP contribution is 2.49. The van der Waals surface area contributed by atoms with Crippen molar-refractivity contribution in [3.63, 3.8) is 0 Å². The summed E-state index contributed by atoms with van der Waals surface area (Å²) in [4.78, 5) is 25.1. The van der Waals surface area contributed by atoms with Crippen molar-refractivity contribution >= 4 is 29.1 Å². The molecule has 1 fully saturated rings. The van der Waals surface area contributed by atoms with E-state index in [1.165, 1.54) is 6.92 Å². The van der Waals surface area contributed by atoms with Gasteiger partial charge in [0.1, 0.15) is 0 Å². The van der Waals surface area contributed by atoms with Crippen molar-refractivity contribution in [3.05, 3.63) is 64.7 Å². The summed E-state index contributed by atoms with van der Waals surface area (Å²) in [6, 6.07) is 13.6. The molecule has 0 saturated heterocycles. The van der Waals surface area contributed by atoms with E-state index in [2.05, 4.69) is 5.32 Å². The van der Waals surface area contributed by atoms with E-state index < -0.39 is 17.5 Å². The van der Waals surface area contributed by atoms with Gasteiger partial charge in [-0.2, -0.15) is 13.2 Å². The van der Waals surface area contributed by atoms with Crippen LogP contribution < -0.4 is 5.32 Å². The SMILES string of the molecule is CCN(Cc1cccc(NC(=O)C2(c3ccc(Cl)cc3)CC2)c1)C(=O)C(F)(F)F. The minimum Gasteiger partial charge on any atom is -0.331 e. The second-order valence-corrected chi connectivity index (χ2v) is 7.50. The molecule has 8 heteroatoms. The molecule has 0 heterocycles. The molecule has 1 saturated carbocycles. The van der Waals surface area contributed by atoms with E-state index in [0.717, 1.165) is 10.5 Å². The molecule has 1 aliphatic rings. The zero-order valence-corrected chi connectivity index (χ0v) is 16.5. The van der Waals surface area contributed by atoms with Crippen LogP contribution in [0.5, 0.6) is 0 Å². The zero-order chi connectivity index (χ0) is 21.2. The number of anilines is 1. The zero-order valence-electron chi connectivity index (χ0n) is 15.7. The second kappa shape index (κ2) is 8.06. The van der Waals surface area contributed by atoms with Crippen LogP contribution in [0.4, 0.5) is 18.9 Å². The predicted molar refractivity (Wildman–Crippen MR) is 105 cm³/mol. The summed E-state index contributed by atoms with van der Waals surface area (Å²) >= 11 is 5.91. The second-order valence-electron chi connectivity index (χ2n) is 7.06. The fourth-order valence-corrected chi connectivity index (χ4v) is 3.39. The Morgan fingerprint density at radius 1 is 1.14 bits per heavy atom. The molecule has 0 bridgehead atoms. The predicted octanol–water partition coefficient (Wildman–Crippen LogP) is 4.92. The molecule has 2 aromatic carbocycles. The van der Waals surface area contributed by atoms with Crippen molar-refractivity contribution in [1.82, 2.24) is 4.90 Å². The van der Waals surface area contributed by atoms with Crippen LogP contribution >= 0.6 is 11.6 Å². The summed E-state index contributed by atoms with van der Waals surface area (Å²) in [5, 5.41) is 3.44. The molecule has 0 aromatic heterocycles. The van der Waals surface area contributed by atoms with Gasteiger partial charge in [-0.15, -0.1) is 0 Å². The highest BCUT2D eigenvalue weighted by Gasteiger charge is 2.51. The summed E-state index contributed by atoms with van der Waals surface area (Å²) in [5.41, 5.74) is 1.24. The molecule has 154 valence electrons. The Morgan fingerprint density at radius 3 is 2.34 bits per heavy atom. The number of nitrogens with one attached hydrogen (secondary N) is 1. The van der Waals surface area contributed by atoms with Gasteiger partial charge in [-0.05, 0) is 55.2 Å². The molecule has 0 atom stereocenters. The fraction of sp³-hybridized carbons (Fsp3) is 0.333. The van der Waals surface area contributed by atoms with Gasteiger partial charge in [0.25, 0.3) is 0 Å². The van der Waals surface area contributed by atoms with Crippen molar-refractivity contribution in [1.29, 1.82) is 0 Å².